The number of thioether (sulfide) groups is 1. The van der Waals surface area contributed by atoms with Crippen LogP contribution in [-0.4, -0.2) is 32.4 Å². The fourth-order valence-electron chi connectivity index (χ4n) is 1.88. The Kier molecular flexibility index (Phi) is 4.42. The third-order valence-electron chi connectivity index (χ3n) is 2.77. The Morgan fingerprint density at radius 1 is 1.33 bits per heavy atom. The Labute approximate surface area is 123 Å². The van der Waals surface area contributed by atoms with E-state index in [9.17, 15) is 14.0 Å². The molecule has 1 heterocycles. The number of carboxylic acid groups (broad SMARTS) is 2. The van der Waals surface area contributed by atoms with Gasteiger partial charge in [-0.3, -0.25) is 14.6 Å². The fraction of sp³-hybridized carbons (Fsp3) is 0.214. The van der Waals surface area contributed by atoms with Crippen LogP contribution in [0.1, 0.15) is 12.1 Å². The Morgan fingerprint density at radius 2 is 2.05 bits per heavy atom. The number of pyridine rings is 1. The van der Waals surface area contributed by atoms with Crippen molar-refractivity contribution in [3.8, 4) is 0 Å². The highest BCUT2D eigenvalue weighted by Gasteiger charge is 2.23. The van der Waals surface area contributed by atoms with E-state index in [1.165, 1.54) is 18.2 Å². The summed E-state index contributed by atoms with van der Waals surface area (Å²) in [5, 5.41) is 17.2. The number of hydrogen-bond donors (Lipinski definition) is 2. The SMILES string of the molecule is Cc1cc(S[C@@H](CC(=O)O)C(=O)O)c2cc(F)ccc2n1. The lowest BCUT2D eigenvalue weighted by Crippen LogP contribution is -2.20. The molecule has 0 aliphatic heterocycles. The number of aromatic nitrogens is 1. The lowest BCUT2D eigenvalue weighted by atomic mass is 10.2. The average Bonchev–Trinajstić information content (AvgIpc) is 2.38. The molecule has 7 heteroatoms. The zero-order valence-corrected chi connectivity index (χ0v) is 11.9. The number of aryl methyl sites for hydroxylation is 1. The zero-order valence-electron chi connectivity index (χ0n) is 11.0. The van der Waals surface area contributed by atoms with E-state index in [2.05, 4.69) is 4.98 Å². The molecule has 0 unspecified atom stereocenters. The summed E-state index contributed by atoms with van der Waals surface area (Å²) in [6, 6.07) is 5.68. The molecule has 0 saturated carbocycles. The maximum atomic E-state index is 13.4. The first-order valence-corrected chi connectivity index (χ1v) is 6.93. The Morgan fingerprint density at radius 3 is 2.67 bits per heavy atom. The van der Waals surface area contributed by atoms with Crippen molar-refractivity contribution >= 4 is 34.6 Å². The van der Waals surface area contributed by atoms with Crippen molar-refractivity contribution in [3.63, 3.8) is 0 Å². The second-order valence-electron chi connectivity index (χ2n) is 4.47. The van der Waals surface area contributed by atoms with Gasteiger partial charge in [0.2, 0.25) is 0 Å². The first-order chi connectivity index (χ1) is 9.86. The largest absolute Gasteiger partial charge is 0.481 e. The molecule has 0 aliphatic carbocycles. The molecule has 2 rings (SSSR count). The molecule has 5 nitrogen and oxygen atoms in total. The van der Waals surface area contributed by atoms with Crippen LogP contribution in [0.4, 0.5) is 4.39 Å². The lowest BCUT2D eigenvalue weighted by Gasteiger charge is -2.12. The van der Waals surface area contributed by atoms with E-state index < -0.39 is 29.4 Å². The van der Waals surface area contributed by atoms with E-state index >= 15 is 0 Å². The molecule has 0 fully saturated rings. The number of halogens is 1. The number of rotatable bonds is 5. The molecular formula is C14H12FNO4S. The second-order valence-corrected chi connectivity index (χ2v) is 5.71. The van der Waals surface area contributed by atoms with Crippen LogP contribution >= 0.6 is 11.8 Å². The van der Waals surface area contributed by atoms with Crippen LogP contribution in [0.2, 0.25) is 0 Å². The summed E-state index contributed by atoms with van der Waals surface area (Å²) in [5.74, 6) is -2.88. The minimum atomic E-state index is -1.22. The number of benzene rings is 1. The van der Waals surface area contributed by atoms with Crippen molar-refractivity contribution in [1.82, 2.24) is 4.98 Å². The van der Waals surface area contributed by atoms with Gasteiger partial charge in [-0.15, -0.1) is 11.8 Å². The molecule has 1 aromatic heterocycles. The van der Waals surface area contributed by atoms with Crippen molar-refractivity contribution in [2.45, 2.75) is 23.5 Å². The summed E-state index contributed by atoms with van der Waals surface area (Å²) in [6.07, 6.45) is -0.516. The van der Waals surface area contributed by atoms with Gasteiger partial charge in [-0.25, -0.2) is 4.39 Å². The van der Waals surface area contributed by atoms with E-state index in [-0.39, 0.29) is 0 Å². The predicted molar refractivity (Wildman–Crippen MR) is 76.0 cm³/mol. The van der Waals surface area contributed by atoms with Gasteiger partial charge in [0.25, 0.3) is 0 Å². The lowest BCUT2D eigenvalue weighted by molar-refractivity contribution is -0.142. The first kappa shape index (κ1) is 15.2. The third kappa shape index (κ3) is 3.69. The molecule has 21 heavy (non-hydrogen) atoms. The van der Waals surface area contributed by atoms with E-state index in [0.29, 0.717) is 21.5 Å². The van der Waals surface area contributed by atoms with Crippen LogP contribution in [0.3, 0.4) is 0 Å². The van der Waals surface area contributed by atoms with Gasteiger partial charge < -0.3 is 10.2 Å². The molecule has 0 saturated heterocycles. The molecule has 0 bridgehead atoms. The molecule has 2 N–H and O–H groups in total. The minimum absolute atomic E-state index is 0.458. The molecular weight excluding hydrogens is 297 g/mol. The Bertz CT molecular complexity index is 719. The van der Waals surface area contributed by atoms with Gasteiger partial charge in [0.15, 0.2) is 0 Å². The van der Waals surface area contributed by atoms with Gasteiger partial charge in [-0.2, -0.15) is 0 Å². The third-order valence-corrected chi connectivity index (χ3v) is 4.01. The summed E-state index contributed by atoms with van der Waals surface area (Å²) < 4.78 is 13.4. The van der Waals surface area contributed by atoms with E-state index in [1.807, 2.05) is 0 Å². The summed E-state index contributed by atoms with van der Waals surface area (Å²) in [5.41, 5.74) is 1.19. The molecule has 0 spiro atoms. The van der Waals surface area contributed by atoms with E-state index in [4.69, 9.17) is 10.2 Å². The quantitative estimate of drug-likeness (QED) is 0.826. The van der Waals surface area contributed by atoms with Gasteiger partial charge >= 0.3 is 11.9 Å². The van der Waals surface area contributed by atoms with Crippen molar-refractivity contribution in [1.29, 1.82) is 0 Å². The summed E-state index contributed by atoms with van der Waals surface area (Å²) >= 11 is 0.890. The summed E-state index contributed by atoms with van der Waals surface area (Å²) in [6.45, 7) is 1.74. The van der Waals surface area contributed by atoms with E-state index in [0.717, 1.165) is 11.8 Å². The molecule has 1 aromatic carbocycles. The highest BCUT2D eigenvalue weighted by Crippen LogP contribution is 2.32. The van der Waals surface area contributed by atoms with Gasteiger partial charge in [0.1, 0.15) is 11.1 Å². The number of carbonyl (C=O) groups is 2. The topological polar surface area (TPSA) is 87.5 Å². The number of nitrogens with zero attached hydrogens (tertiary/aromatic N) is 1. The van der Waals surface area contributed by atoms with Gasteiger partial charge in [-0.1, -0.05) is 0 Å². The normalized spacial score (nSPS) is 12.3. The summed E-state index contributed by atoms with van der Waals surface area (Å²) in [4.78, 5) is 26.6. The van der Waals surface area contributed by atoms with Crippen molar-refractivity contribution in [2.75, 3.05) is 0 Å². The Balaban J connectivity index is 2.46. The smallest absolute Gasteiger partial charge is 0.317 e. The number of fused-ring (bicyclic) bond motifs is 1. The average molecular weight is 309 g/mol. The van der Waals surface area contributed by atoms with Crippen LogP contribution in [0.5, 0.6) is 0 Å². The van der Waals surface area contributed by atoms with Crippen LogP contribution in [0, 0.1) is 12.7 Å². The maximum Gasteiger partial charge on any atom is 0.317 e. The number of carboxylic acids is 2. The molecule has 0 radical (unpaired) electrons. The zero-order chi connectivity index (χ0) is 15.6. The molecule has 0 amide bonds. The van der Waals surface area contributed by atoms with Crippen LogP contribution in [0.15, 0.2) is 29.2 Å². The standard InChI is InChI=1S/C14H12FNO4S/c1-7-4-11(21-12(14(19)20)6-13(17)18)9-5-8(15)2-3-10(9)16-7/h2-5,12H,6H2,1H3,(H,17,18)(H,19,20)/t12-/m0/s1. The predicted octanol–water partition coefficient (Wildman–Crippen LogP) is 2.70. The highest BCUT2D eigenvalue weighted by atomic mass is 32.2. The maximum absolute atomic E-state index is 13.4. The Hall–Kier alpha value is -2.15. The number of hydrogen-bond acceptors (Lipinski definition) is 4. The van der Waals surface area contributed by atoms with Crippen LogP contribution in [0.25, 0.3) is 10.9 Å². The van der Waals surface area contributed by atoms with Crippen molar-refractivity contribution < 1.29 is 24.2 Å². The molecule has 1 atom stereocenters. The first-order valence-electron chi connectivity index (χ1n) is 6.05. The summed E-state index contributed by atoms with van der Waals surface area (Å²) in [7, 11) is 0. The fourth-order valence-corrected chi connectivity index (χ4v) is 3.04. The van der Waals surface area contributed by atoms with Gasteiger partial charge in [-0.05, 0) is 31.2 Å². The minimum Gasteiger partial charge on any atom is -0.481 e. The monoisotopic (exact) mass is 309 g/mol. The number of aliphatic carboxylic acids is 2. The molecule has 0 aliphatic rings. The molecule has 110 valence electrons. The van der Waals surface area contributed by atoms with Crippen molar-refractivity contribution in [3.05, 3.63) is 35.8 Å². The molecule has 2 aromatic rings. The highest BCUT2D eigenvalue weighted by molar-refractivity contribution is 8.00. The van der Waals surface area contributed by atoms with Crippen molar-refractivity contribution in [2.24, 2.45) is 0 Å². The van der Waals surface area contributed by atoms with Gasteiger partial charge in [0.05, 0.1) is 11.9 Å². The van der Waals surface area contributed by atoms with E-state index in [1.54, 1.807) is 13.0 Å². The van der Waals surface area contributed by atoms with Crippen LogP contribution in [-0.2, 0) is 9.59 Å². The van der Waals surface area contributed by atoms with Gasteiger partial charge in [0, 0.05) is 16.0 Å². The second kappa shape index (κ2) is 6.09. The van der Waals surface area contributed by atoms with Crippen LogP contribution < -0.4 is 0 Å².